The zero-order valence-electron chi connectivity index (χ0n) is 16.1. The Kier molecular flexibility index (Phi) is 15.1. The van der Waals surface area contributed by atoms with E-state index in [1.165, 1.54) is 25.9 Å². The van der Waals surface area contributed by atoms with Gasteiger partial charge < -0.3 is 15.4 Å². The molecule has 0 amide bonds. The van der Waals surface area contributed by atoms with Gasteiger partial charge in [-0.1, -0.05) is 6.92 Å². The number of nitrogens with one attached hydrogen (secondary N) is 2. The SMILES string of the molecule is CCNC(=NCC(C)N1CCCC(C)C1)NCCCCOCC.I. The minimum absolute atomic E-state index is 0. The molecule has 0 aliphatic carbocycles. The second kappa shape index (κ2) is 15.2. The van der Waals surface area contributed by atoms with Gasteiger partial charge in [0, 0.05) is 38.9 Å². The third-order valence-corrected chi connectivity index (χ3v) is 4.38. The predicted octanol–water partition coefficient (Wildman–Crippen LogP) is 3.10. The maximum atomic E-state index is 5.36. The van der Waals surface area contributed by atoms with E-state index in [9.17, 15) is 0 Å². The van der Waals surface area contributed by atoms with Crippen molar-refractivity contribution in [2.45, 2.75) is 59.4 Å². The van der Waals surface area contributed by atoms with Crippen molar-refractivity contribution in [1.29, 1.82) is 0 Å². The Morgan fingerprint density at radius 3 is 2.75 bits per heavy atom. The predicted molar refractivity (Wildman–Crippen MR) is 115 cm³/mol. The number of nitrogens with zero attached hydrogens (tertiary/aromatic N) is 2. The number of hydrogen-bond donors (Lipinski definition) is 2. The highest BCUT2D eigenvalue weighted by Crippen LogP contribution is 2.17. The maximum Gasteiger partial charge on any atom is 0.191 e. The normalized spacial score (nSPS) is 20.3. The van der Waals surface area contributed by atoms with Crippen molar-refractivity contribution in [2.75, 3.05) is 45.9 Å². The summed E-state index contributed by atoms with van der Waals surface area (Å²) in [5.74, 6) is 1.77. The fraction of sp³-hybridized carbons (Fsp3) is 0.944. The molecule has 0 aromatic heterocycles. The van der Waals surface area contributed by atoms with Gasteiger partial charge >= 0.3 is 0 Å². The lowest BCUT2D eigenvalue weighted by atomic mass is 9.99. The number of piperidine rings is 1. The molecule has 144 valence electrons. The lowest BCUT2D eigenvalue weighted by Crippen LogP contribution is -2.43. The Morgan fingerprint density at radius 1 is 1.29 bits per heavy atom. The standard InChI is InChI=1S/C18H38N4O.HI/c1-5-19-18(20-11-7-8-13-23-6-2)21-14-17(4)22-12-9-10-16(3)15-22;/h16-17H,5-15H2,1-4H3,(H2,19,20,21);1H. The second-order valence-electron chi connectivity index (χ2n) is 6.64. The lowest BCUT2D eigenvalue weighted by molar-refractivity contribution is 0.142. The highest BCUT2D eigenvalue weighted by Gasteiger charge is 2.20. The van der Waals surface area contributed by atoms with Gasteiger partial charge in [-0.2, -0.15) is 0 Å². The van der Waals surface area contributed by atoms with Crippen LogP contribution in [0.2, 0.25) is 0 Å². The molecule has 2 N–H and O–H groups in total. The number of halogens is 1. The smallest absolute Gasteiger partial charge is 0.191 e. The summed E-state index contributed by atoms with van der Waals surface area (Å²) in [7, 11) is 0. The molecular formula is C18H39IN4O. The molecule has 0 spiro atoms. The molecule has 0 saturated carbocycles. The summed E-state index contributed by atoms with van der Waals surface area (Å²) in [6.45, 7) is 15.6. The van der Waals surface area contributed by atoms with Crippen LogP contribution in [0, 0.1) is 5.92 Å². The molecular weight excluding hydrogens is 415 g/mol. The number of aliphatic imine (C=N–C) groups is 1. The van der Waals surface area contributed by atoms with Crippen LogP contribution in [-0.4, -0.2) is 62.8 Å². The summed E-state index contributed by atoms with van der Waals surface area (Å²) in [4.78, 5) is 7.36. The topological polar surface area (TPSA) is 48.9 Å². The minimum Gasteiger partial charge on any atom is -0.382 e. The third kappa shape index (κ3) is 10.7. The second-order valence-corrected chi connectivity index (χ2v) is 6.64. The molecule has 0 radical (unpaired) electrons. The van der Waals surface area contributed by atoms with Crippen LogP contribution in [0.15, 0.2) is 4.99 Å². The Hall–Kier alpha value is -0.0800. The largest absolute Gasteiger partial charge is 0.382 e. The highest BCUT2D eigenvalue weighted by atomic mass is 127. The first-order chi connectivity index (χ1) is 11.2. The zero-order valence-corrected chi connectivity index (χ0v) is 18.5. The molecule has 1 aliphatic heterocycles. The van der Waals surface area contributed by atoms with E-state index < -0.39 is 0 Å². The van der Waals surface area contributed by atoms with Gasteiger partial charge in [-0.25, -0.2) is 0 Å². The van der Waals surface area contributed by atoms with Gasteiger partial charge in [0.05, 0.1) is 6.54 Å². The lowest BCUT2D eigenvalue weighted by Gasteiger charge is -2.35. The van der Waals surface area contributed by atoms with Crippen LogP contribution in [0.5, 0.6) is 0 Å². The number of guanidine groups is 1. The van der Waals surface area contributed by atoms with Crippen molar-refractivity contribution in [3.05, 3.63) is 0 Å². The summed E-state index contributed by atoms with van der Waals surface area (Å²) >= 11 is 0. The van der Waals surface area contributed by atoms with Crippen molar-refractivity contribution >= 4 is 29.9 Å². The molecule has 0 aromatic rings. The minimum atomic E-state index is 0. The molecule has 2 unspecified atom stereocenters. The quantitative estimate of drug-likeness (QED) is 0.231. The molecule has 1 fully saturated rings. The van der Waals surface area contributed by atoms with Crippen molar-refractivity contribution in [3.63, 3.8) is 0 Å². The third-order valence-electron chi connectivity index (χ3n) is 4.38. The van der Waals surface area contributed by atoms with Gasteiger partial charge in [0.25, 0.3) is 0 Å². The van der Waals surface area contributed by atoms with Gasteiger partial charge in [-0.05, 0) is 58.9 Å². The van der Waals surface area contributed by atoms with Crippen molar-refractivity contribution in [2.24, 2.45) is 10.9 Å². The molecule has 1 heterocycles. The molecule has 24 heavy (non-hydrogen) atoms. The molecule has 5 nitrogen and oxygen atoms in total. The van der Waals surface area contributed by atoms with E-state index in [-0.39, 0.29) is 24.0 Å². The fourth-order valence-electron chi connectivity index (χ4n) is 2.99. The van der Waals surface area contributed by atoms with Gasteiger partial charge in [-0.3, -0.25) is 9.89 Å². The average Bonchev–Trinajstić information content (AvgIpc) is 2.55. The molecule has 1 aliphatic rings. The fourth-order valence-corrected chi connectivity index (χ4v) is 2.99. The first kappa shape index (κ1) is 23.9. The first-order valence-electron chi connectivity index (χ1n) is 9.51. The average molecular weight is 454 g/mol. The van der Waals surface area contributed by atoms with E-state index in [0.717, 1.165) is 57.6 Å². The van der Waals surface area contributed by atoms with E-state index in [4.69, 9.17) is 9.73 Å². The van der Waals surface area contributed by atoms with Crippen LogP contribution in [-0.2, 0) is 4.74 Å². The number of hydrogen-bond acceptors (Lipinski definition) is 3. The Labute approximate surface area is 166 Å². The summed E-state index contributed by atoms with van der Waals surface area (Å²) < 4.78 is 5.36. The molecule has 1 rings (SSSR count). The van der Waals surface area contributed by atoms with E-state index in [0.29, 0.717) is 6.04 Å². The monoisotopic (exact) mass is 454 g/mol. The van der Waals surface area contributed by atoms with E-state index in [2.05, 4.69) is 36.3 Å². The first-order valence-corrected chi connectivity index (χ1v) is 9.51. The van der Waals surface area contributed by atoms with Crippen LogP contribution in [0.25, 0.3) is 0 Å². The summed E-state index contributed by atoms with van der Waals surface area (Å²) in [6, 6.07) is 0.520. The van der Waals surface area contributed by atoms with Crippen molar-refractivity contribution < 1.29 is 4.74 Å². The Bertz CT molecular complexity index is 328. The Balaban J connectivity index is 0.00000529. The molecule has 0 aromatic carbocycles. The molecule has 0 bridgehead atoms. The van der Waals surface area contributed by atoms with Crippen LogP contribution < -0.4 is 10.6 Å². The van der Waals surface area contributed by atoms with Crippen LogP contribution in [0.1, 0.15) is 53.4 Å². The van der Waals surface area contributed by atoms with Gasteiger partial charge in [-0.15, -0.1) is 24.0 Å². The Morgan fingerprint density at radius 2 is 2.08 bits per heavy atom. The zero-order chi connectivity index (χ0) is 16.9. The highest BCUT2D eigenvalue weighted by molar-refractivity contribution is 14.0. The molecule has 2 atom stereocenters. The maximum absolute atomic E-state index is 5.36. The molecule has 1 saturated heterocycles. The number of unbranched alkanes of at least 4 members (excludes halogenated alkanes) is 1. The summed E-state index contributed by atoms with van der Waals surface area (Å²) in [5.41, 5.74) is 0. The van der Waals surface area contributed by atoms with Crippen LogP contribution >= 0.6 is 24.0 Å². The van der Waals surface area contributed by atoms with Gasteiger partial charge in [0.2, 0.25) is 0 Å². The van der Waals surface area contributed by atoms with E-state index >= 15 is 0 Å². The summed E-state index contributed by atoms with van der Waals surface area (Å²) in [6.07, 6.45) is 4.91. The molecule has 6 heteroatoms. The summed E-state index contributed by atoms with van der Waals surface area (Å²) in [5, 5.41) is 6.77. The van der Waals surface area contributed by atoms with Crippen molar-refractivity contribution in [3.8, 4) is 0 Å². The van der Waals surface area contributed by atoms with Gasteiger partial charge in [0.15, 0.2) is 5.96 Å². The van der Waals surface area contributed by atoms with Crippen LogP contribution in [0.3, 0.4) is 0 Å². The number of likely N-dealkylation sites (tertiary alicyclic amines) is 1. The number of rotatable bonds is 10. The van der Waals surface area contributed by atoms with Crippen LogP contribution in [0.4, 0.5) is 0 Å². The van der Waals surface area contributed by atoms with E-state index in [1.807, 2.05) is 6.92 Å². The number of ether oxygens (including phenoxy) is 1. The van der Waals surface area contributed by atoms with E-state index in [1.54, 1.807) is 0 Å². The van der Waals surface area contributed by atoms with Crippen molar-refractivity contribution in [1.82, 2.24) is 15.5 Å². The van der Waals surface area contributed by atoms with Gasteiger partial charge in [0.1, 0.15) is 0 Å².